The van der Waals surface area contributed by atoms with E-state index in [4.69, 9.17) is 40.6 Å². The molecule has 1 atom stereocenters. The summed E-state index contributed by atoms with van der Waals surface area (Å²) in [6.07, 6.45) is 0. The molecule has 3 N–H and O–H groups in total. The molecule has 6 nitrogen and oxygen atoms in total. The molecule has 0 bridgehead atoms. The SMILES string of the molecule is CC(Sc1nnc(-c2ccc(F)cc2)n1N)C(=O)Nc1cc(Cl)c(Cl)cc1Cl. The molecule has 11 heteroatoms. The molecule has 1 aromatic heterocycles. The van der Waals surface area contributed by atoms with E-state index in [-0.39, 0.29) is 26.8 Å². The van der Waals surface area contributed by atoms with Crippen LogP contribution in [0.3, 0.4) is 0 Å². The van der Waals surface area contributed by atoms with Gasteiger partial charge < -0.3 is 11.2 Å². The lowest BCUT2D eigenvalue weighted by Crippen LogP contribution is -2.23. The topological polar surface area (TPSA) is 85.8 Å². The number of nitrogens with two attached hydrogens (primary N) is 1. The van der Waals surface area contributed by atoms with Crippen molar-refractivity contribution in [3.8, 4) is 11.4 Å². The number of amides is 1. The van der Waals surface area contributed by atoms with Gasteiger partial charge in [0.1, 0.15) is 5.82 Å². The molecule has 3 aromatic rings. The summed E-state index contributed by atoms with van der Waals surface area (Å²) >= 11 is 19.0. The van der Waals surface area contributed by atoms with Gasteiger partial charge in [-0.15, -0.1) is 10.2 Å². The van der Waals surface area contributed by atoms with Gasteiger partial charge in [-0.2, -0.15) is 0 Å². The Morgan fingerprint density at radius 1 is 1.14 bits per heavy atom. The van der Waals surface area contributed by atoms with Crippen LogP contribution in [-0.4, -0.2) is 26.0 Å². The third kappa shape index (κ3) is 4.52. The Morgan fingerprint density at radius 3 is 2.46 bits per heavy atom. The molecule has 1 unspecified atom stereocenters. The maximum Gasteiger partial charge on any atom is 0.237 e. The highest BCUT2D eigenvalue weighted by molar-refractivity contribution is 8.00. The van der Waals surface area contributed by atoms with E-state index in [9.17, 15) is 9.18 Å². The lowest BCUT2D eigenvalue weighted by atomic mass is 10.2. The largest absolute Gasteiger partial charge is 0.335 e. The number of hydrogen-bond donors (Lipinski definition) is 2. The third-order valence-electron chi connectivity index (χ3n) is 3.69. The number of carbonyl (C=O) groups is 1. The minimum absolute atomic E-state index is 0.264. The van der Waals surface area contributed by atoms with Crippen LogP contribution in [-0.2, 0) is 4.79 Å². The van der Waals surface area contributed by atoms with Crippen molar-refractivity contribution >= 4 is 58.2 Å². The van der Waals surface area contributed by atoms with Gasteiger partial charge in [-0.05, 0) is 43.3 Å². The average molecular weight is 461 g/mol. The maximum absolute atomic E-state index is 13.1. The average Bonchev–Trinajstić information content (AvgIpc) is 3.00. The van der Waals surface area contributed by atoms with Gasteiger partial charge in [0.2, 0.25) is 11.1 Å². The van der Waals surface area contributed by atoms with E-state index in [1.54, 1.807) is 19.1 Å². The lowest BCUT2D eigenvalue weighted by Gasteiger charge is -2.13. The summed E-state index contributed by atoms with van der Waals surface area (Å²) in [5.74, 6) is 5.67. The van der Waals surface area contributed by atoms with Crippen LogP contribution in [0, 0.1) is 5.82 Å². The summed E-state index contributed by atoms with van der Waals surface area (Å²) in [7, 11) is 0. The van der Waals surface area contributed by atoms with Gasteiger partial charge in [-0.1, -0.05) is 46.6 Å². The van der Waals surface area contributed by atoms with E-state index in [1.165, 1.54) is 28.9 Å². The van der Waals surface area contributed by atoms with Crippen LogP contribution in [0.4, 0.5) is 10.1 Å². The quantitative estimate of drug-likeness (QED) is 0.322. The predicted molar refractivity (Wildman–Crippen MR) is 111 cm³/mol. The second kappa shape index (κ2) is 8.57. The van der Waals surface area contributed by atoms with E-state index in [0.717, 1.165) is 11.8 Å². The van der Waals surface area contributed by atoms with Crippen molar-refractivity contribution in [2.45, 2.75) is 17.3 Å². The number of halogens is 4. The summed E-state index contributed by atoms with van der Waals surface area (Å²) < 4.78 is 14.3. The molecular formula is C17H13Cl3FN5OS. The highest BCUT2D eigenvalue weighted by Crippen LogP contribution is 2.33. The molecule has 3 rings (SSSR count). The minimum Gasteiger partial charge on any atom is -0.335 e. The third-order valence-corrected chi connectivity index (χ3v) is 5.78. The van der Waals surface area contributed by atoms with Crippen molar-refractivity contribution in [3.63, 3.8) is 0 Å². The van der Waals surface area contributed by atoms with Crippen molar-refractivity contribution in [2.75, 3.05) is 11.2 Å². The molecule has 2 aromatic carbocycles. The van der Waals surface area contributed by atoms with Crippen LogP contribution in [0.15, 0.2) is 41.6 Å². The first-order valence-corrected chi connectivity index (χ1v) is 9.86. The zero-order valence-electron chi connectivity index (χ0n) is 14.3. The van der Waals surface area contributed by atoms with Gasteiger partial charge in [-0.3, -0.25) is 4.79 Å². The number of benzene rings is 2. The first kappa shape index (κ1) is 20.7. The number of carbonyl (C=O) groups excluding carboxylic acids is 1. The van der Waals surface area contributed by atoms with E-state index in [0.29, 0.717) is 22.2 Å². The molecule has 28 heavy (non-hydrogen) atoms. The number of thioether (sulfide) groups is 1. The van der Waals surface area contributed by atoms with Crippen molar-refractivity contribution in [3.05, 3.63) is 57.3 Å². The number of anilines is 1. The molecule has 0 aliphatic heterocycles. The van der Waals surface area contributed by atoms with Gasteiger partial charge in [0.05, 0.1) is 26.0 Å². The fourth-order valence-electron chi connectivity index (χ4n) is 2.22. The molecule has 0 aliphatic carbocycles. The van der Waals surface area contributed by atoms with E-state index in [1.807, 2.05) is 0 Å². The minimum atomic E-state index is -0.571. The number of aromatic nitrogens is 3. The monoisotopic (exact) mass is 459 g/mol. The van der Waals surface area contributed by atoms with E-state index in [2.05, 4.69) is 15.5 Å². The number of nitrogens with zero attached hydrogens (tertiary/aromatic N) is 3. The first-order valence-electron chi connectivity index (χ1n) is 7.84. The van der Waals surface area contributed by atoms with Gasteiger partial charge in [0, 0.05) is 5.56 Å². The van der Waals surface area contributed by atoms with Crippen molar-refractivity contribution in [1.82, 2.24) is 14.9 Å². The zero-order valence-corrected chi connectivity index (χ0v) is 17.4. The van der Waals surface area contributed by atoms with Crippen LogP contribution >= 0.6 is 46.6 Å². The number of rotatable bonds is 5. The Hall–Kier alpha value is -2.00. The highest BCUT2D eigenvalue weighted by atomic mass is 35.5. The Labute approximate surface area is 179 Å². The molecule has 0 fully saturated rings. The smallest absolute Gasteiger partial charge is 0.237 e. The van der Waals surface area contributed by atoms with E-state index >= 15 is 0 Å². The first-order chi connectivity index (χ1) is 13.3. The predicted octanol–water partition coefficient (Wildman–Crippen LogP) is 4.88. The number of hydrogen-bond acceptors (Lipinski definition) is 5. The molecule has 1 amide bonds. The van der Waals surface area contributed by atoms with Crippen LogP contribution in [0.2, 0.25) is 15.1 Å². The van der Waals surface area contributed by atoms with Crippen LogP contribution in [0.5, 0.6) is 0 Å². The molecule has 0 saturated heterocycles. The van der Waals surface area contributed by atoms with Crippen LogP contribution in [0.25, 0.3) is 11.4 Å². The van der Waals surface area contributed by atoms with Crippen LogP contribution in [0.1, 0.15) is 6.92 Å². The van der Waals surface area contributed by atoms with Crippen molar-refractivity contribution in [2.24, 2.45) is 0 Å². The molecule has 0 aliphatic rings. The molecule has 146 valence electrons. The second-order valence-electron chi connectivity index (χ2n) is 5.68. The van der Waals surface area contributed by atoms with Gasteiger partial charge in [0.25, 0.3) is 0 Å². The van der Waals surface area contributed by atoms with Crippen LogP contribution < -0.4 is 11.2 Å². The molecule has 1 heterocycles. The Morgan fingerprint density at radius 2 is 1.79 bits per heavy atom. The number of nitrogens with one attached hydrogen (secondary N) is 1. The Bertz CT molecular complexity index is 1030. The van der Waals surface area contributed by atoms with Crippen molar-refractivity contribution in [1.29, 1.82) is 0 Å². The maximum atomic E-state index is 13.1. The Balaban J connectivity index is 1.73. The standard InChI is InChI=1S/C17H13Cl3FN5OS/c1-8(16(27)23-14-7-12(19)11(18)6-13(14)20)28-17-25-24-15(26(17)22)9-2-4-10(21)5-3-9/h2-8H,22H2,1H3,(H,23,27). The zero-order chi connectivity index (χ0) is 20.4. The summed E-state index contributed by atoms with van der Waals surface area (Å²) in [5.41, 5.74) is 0.942. The summed E-state index contributed by atoms with van der Waals surface area (Å²) in [4.78, 5) is 12.5. The lowest BCUT2D eigenvalue weighted by molar-refractivity contribution is -0.115. The van der Waals surface area contributed by atoms with Crippen molar-refractivity contribution < 1.29 is 9.18 Å². The van der Waals surface area contributed by atoms with Gasteiger partial charge in [0.15, 0.2) is 5.82 Å². The summed E-state index contributed by atoms with van der Waals surface area (Å²) in [5, 5.41) is 11.3. The molecular weight excluding hydrogens is 448 g/mol. The fraction of sp³-hybridized carbons (Fsp3) is 0.118. The summed E-state index contributed by atoms with van der Waals surface area (Å²) in [6, 6.07) is 8.60. The second-order valence-corrected chi connectivity index (χ2v) is 8.21. The Kier molecular flexibility index (Phi) is 6.34. The molecule has 0 radical (unpaired) electrons. The normalized spacial score (nSPS) is 12.0. The van der Waals surface area contributed by atoms with E-state index < -0.39 is 5.25 Å². The molecule has 0 spiro atoms. The van der Waals surface area contributed by atoms with Gasteiger partial charge in [-0.25, -0.2) is 9.07 Å². The number of nitrogen functional groups attached to an aromatic ring is 1. The molecule has 0 saturated carbocycles. The highest BCUT2D eigenvalue weighted by Gasteiger charge is 2.21. The summed E-state index contributed by atoms with van der Waals surface area (Å²) in [6.45, 7) is 1.68. The fourth-order valence-corrected chi connectivity index (χ4v) is 3.58. The van der Waals surface area contributed by atoms with Gasteiger partial charge >= 0.3 is 0 Å².